The SMILES string of the molecule is CN(C)c1cncc(-c2cn(Cc3ccc(N4CCCCC4)cc3)nn2)c1.NCC1CCC1. The van der Waals surface area contributed by atoms with Gasteiger partial charge in [-0.1, -0.05) is 23.8 Å². The maximum absolute atomic E-state index is 5.33. The molecule has 7 nitrogen and oxygen atoms in total. The molecule has 0 unspecified atom stereocenters. The molecule has 3 aromatic rings. The first-order valence-corrected chi connectivity index (χ1v) is 12.2. The molecule has 0 spiro atoms. The average Bonchev–Trinajstić information content (AvgIpc) is 3.28. The summed E-state index contributed by atoms with van der Waals surface area (Å²) in [6, 6.07) is 10.9. The van der Waals surface area contributed by atoms with Gasteiger partial charge in [-0.2, -0.15) is 0 Å². The van der Waals surface area contributed by atoms with Crippen molar-refractivity contribution in [3.05, 3.63) is 54.5 Å². The van der Waals surface area contributed by atoms with Crippen LogP contribution in [0.1, 0.15) is 44.1 Å². The van der Waals surface area contributed by atoms with Gasteiger partial charge in [0.05, 0.1) is 24.6 Å². The van der Waals surface area contributed by atoms with Crippen LogP contribution in [0.25, 0.3) is 11.3 Å². The molecule has 0 radical (unpaired) electrons. The van der Waals surface area contributed by atoms with Crippen LogP contribution in [-0.4, -0.2) is 53.7 Å². The summed E-state index contributed by atoms with van der Waals surface area (Å²) < 4.78 is 1.88. The highest BCUT2D eigenvalue weighted by Crippen LogP contribution is 2.24. The number of pyridine rings is 1. The fraction of sp³-hybridized carbons (Fsp3) is 0.500. The Balaban J connectivity index is 0.000000376. The molecule has 0 atom stereocenters. The predicted molar refractivity (Wildman–Crippen MR) is 136 cm³/mol. The van der Waals surface area contributed by atoms with Crippen LogP contribution in [0.5, 0.6) is 0 Å². The topological polar surface area (TPSA) is 76.1 Å². The van der Waals surface area contributed by atoms with Gasteiger partial charge in [-0.25, -0.2) is 4.68 Å². The van der Waals surface area contributed by atoms with E-state index in [2.05, 4.69) is 50.5 Å². The van der Waals surface area contributed by atoms with Gasteiger partial charge < -0.3 is 15.5 Å². The van der Waals surface area contributed by atoms with Gasteiger partial charge in [0.25, 0.3) is 0 Å². The van der Waals surface area contributed by atoms with Gasteiger partial charge in [0.2, 0.25) is 0 Å². The second-order valence-electron chi connectivity index (χ2n) is 9.37. The summed E-state index contributed by atoms with van der Waals surface area (Å²) in [5.41, 5.74) is 10.8. The average molecular weight is 448 g/mol. The highest BCUT2D eigenvalue weighted by molar-refractivity contribution is 5.62. The Morgan fingerprint density at radius 1 is 1.00 bits per heavy atom. The van der Waals surface area contributed by atoms with Crippen LogP contribution in [0.15, 0.2) is 48.9 Å². The molecule has 1 aliphatic heterocycles. The Labute approximate surface area is 197 Å². The highest BCUT2D eigenvalue weighted by Gasteiger charge is 2.14. The molecular weight excluding hydrogens is 410 g/mol. The minimum absolute atomic E-state index is 0.716. The molecule has 2 fully saturated rings. The number of piperidine rings is 1. The second-order valence-corrected chi connectivity index (χ2v) is 9.37. The summed E-state index contributed by atoms with van der Waals surface area (Å²) in [5, 5.41) is 8.61. The number of benzene rings is 1. The Kier molecular flexibility index (Phi) is 7.94. The molecule has 1 aliphatic carbocycles. The third-order valence-electron chi connectivity index (χ3n) is 6.63. The smallest absolute Gasteiger partial charge is 0.114 e. The minimum atomic E-state index is 0.716. The van der Waals surface area contributed by atoms with E-state index in [-0.39, 0.29) is 0 Å². The summed E-state index contributed by atoms with van der Waals surface area (Å²) in [4.78, 5) is 8.82. The largest absolute Gasteiger partial charge is 0.376 e. The van der Waals surface area contributed by atoms with Crippen LogP contribution < -0.4 is 15.5 Å². The van der Waals surface area contributed by atoms with Crippen LogP contribution in [-0.2, 0) is 6.54 Å². The zero-order valence-electron chi connectivity index (χ0n) is 20.0. The first kappa shape index (κ1) is 23.2. The van der Waals surface area contributed by atoms with Gasteiger partial charge in [0.15, 0.2) is 0 Å². The molecule has 0 amide bonds. The second kappa shape index (κ2) is 11.3. The molecular formula is C26H37N7. The number of nitrogens with two attached hydrogens (primary N) is 1. The van der Waals surface area contributed by atoms with Crippen molar-refractivity contribution < 1.29 is 0 Å². The Morgan fingerprint density at radius 2 is 1.76 bits per heavy atom. The van der Waals surface area contributed by atoms with E-state index in [4.69, 9.17) is 5.73 Å². The predicted octanol–water partition coefficient (Wildman–Crippen LogP) is 4.19. The van der Waals surface area contributed by atoms with Crippen LogP contribution in [0.2, 0.25) is 0 Å². The molecule has 33 heavy (non-hydrogen) atoms. The lowest BCUT2D eigenvalue weighted by atomic mass is 9.86. The first-order valence-electron chi connectivity index (χ1n) is 12.2. The third kappa shape index (κ3) is 6.32. The van der Waals surface area contributed by atoms with E-state index in [1.165, 1.54) is 62.9 Å². The zero-order chi connectivity index (χ0) is 23.0. The summed E-state index contributed by atoms with van der Waals surface area (Å²) in [7, 11) is 4.01. The van der Waals surface area contributed by atoms with Gasteiger partial charge >= 0.3 is 0 Å². The lowest BCUT2D eigenvalue weighted by molar-refractivity contribution is 0.325. The number of aromatic nitrogens is 4. The molecule has 2 N–H and O–H groups in total. The molecule has 2 aromatic heterocycles. The van der Waals surface area contributed by atoms with Gasteiger partial charge in [-0.15, -0.1) is 5.10 Å². The van der Waals surface area contributed by atoms with Gasteiger partial charge in [-0.3, -0.25) is 4.98 Å². The summed E-state index contributed by atoms with van der Waals surface area (Å²) in [5.74, 6) is 0.894. The van der Waals surface area contributed by atoms with E-state index in [1.54, 1.807) is 0 Å². The Bertz CT molecular complexity index is 983. The fourth-order valence-electron chi connectivity index (χ4n) is 4.20. The van der Waals surface area contributed by atoms with Gasteiger partial charge in [-0.05, 0) is 68.3 Å². The number of anilines is 2. The van der Waals surface area contributed by atoms with Crippen LogP contribution in [0.4, 0.5) is 11.4 Å². The van der Waals surface area contributed by atoms with E-state index < -0.39 is 0 Å². The van der Waals surface area contributed by atoms with Crippen molar-refractivity contribution in [3.8, 4) is 11.3 Å². The van der Waals surface area contributed by atoms with Gasteiger partial charge in [0, 0.05) is 44.6 Å². The van der Waals surface area contributed by atoms with E-state index >= 15 is 0 Å². The maximum Gasteiger partial charge on any atom is 0.114 e. The van der Waals surface area contributed by atoms with Crippen molar-refractivity contribution in [1.82, 2.24) is 20.0 Å². The maximum atomic E-state index is 5.33. The summed E-state index contributed by atoms with van der Waals surface area (Å²) in [6.45, 7) is 3.98. The normalized spacial score (nSPS) is 16.0. The molecule has 7 heteroatoms. The summed E-state index contributed by atoms with van der Waals surface area (Å²) >= 11 is 0. The fourth-order valence-corrected chi connectivity index (χ4v) is 4.20. The molecule has 1 aromatic carbocycles. The molecule has 2 aliphatic rings. The first-order chi connectivity index (χ1) is 16.1. The van der Waals surface area contributed by atoms with Crippen molar-refractivity contribution in [2.24, 2.45) is 11.7 Å². The summed E-state index contributed by atoms with van der Waals surface area (Å²) in [6.07, 6.45) is 13.8. The number of hydrogen-bond donors (Lipinski definition) is 1. The van der Waals surface area contributed by atoms with Gasteiger partial charge in [0.1, 0.15) is 5.69 Å². The van der Waals surface area contributed by atoms with Crippen molar-refractivity contribution in [1.29, 1.82) is 0 Å². The zero-order valence-corrected chi connectivity index (χ0v) is 20.0. The van der Waals surface area contributed by atoms with E-state index in [0.717, 1.165) is 29.4 Å². The van der Waals surface area contributed by atoms with Crippen molar-refractivity contribution in [3.63, 3.8) is 0 Å². The lowest BCUT2D eigenvalue weighted by Gasteiger charge is -2.28. The van der Waals surface area contributed by atoms with Crippen LogP contribution >= 0.6 is 0 Å². The number of hydrogen-bond acceptors (Lipinski definition) is 6. The van der Waals surface area contributed by atoms with E-state index in [9.17, 15) is 0 Å². The number of nitrogens with zero attached hydrogens (tertiary/aromatic N) is 6. The van der Waals surface area contributed by atoms with Crippen LogP contribution in [0.3, 0.4) is 0 Å². The molecule has 1 saturated heterocycles. The monoisotopic (exact) mass is 447 g/mol. The van der Waals surface area contributed by atoms with Crippen LogP contribution in [0, 0.1) is 5.92 Å². The minimum Gasteiger partial charge on any atom is -0.376 e. The standard InChI is InChI=1S/C21H26N6.C5H11N/c1-25(2)20-12-18(13-22-14-20)21-16-27(24-23-21)15-17-6-8-19(9-7-17)26-10-4-3-5-11-26;6-4-5-2-1-3-5/h6-9,12-14,16H,3-5,10-11,15H2,1-2H3;5H,1-4,6H2. The third-order valence-corrected chi connectivity index (χ3v) is 6.63. The Morgan fingerprint density at radius 3 is 2.36 bits per heavy atom. The Hall–Kier alpha value is -2.93. The number of rotatable bonds is 6. The lowest BCUT2D eigenvalue weighted by Crippen LogP contribution is -2.29. The molecule has 3 heterocycles. The van der Waals surface area contributed by atoms with Crippen molar-refractivity contribution in [2.75, 3.05) is 43.5 Å². The van der Waals surface area contributed by atoms with E-state index in [0.29, 0.717) is 6.54 Å². The van der Waals surface area contributed by atoms with Crippen molar-refractivity contribution in [2.45, 2.75) is 45.1 Å². The molecule has 5 rings (SSSR count). The molecule has 0 bridgehead atoms. The quantitative estimate of drug-likeness (QED) is 0.611. The van der Waals surface area contributed by atoms with Crippen molar-refractivity contribution >= 4 is 11.4 Å². The van der Waals surface area contributed by atoms with E-state index in [1.807, 2.05) is 42.3 Å². The highest BCUT2D eigenvalue weighted by atomic mass is 15.4. The molecule has 1 saturated carbocycles. The molecule has 176 valence electrons.